The van der Waals surface area contributed by atoms with Crippen molar-refractivity contribution in [3.63, 3.8) is 0 Å². The molecule has 0 radical (unpaired) electrons. The van der Waals surface area contributed by atoms with Gasteiger partial charge in [-0.05, 0) is 25.1 Å². The monoisotopic (exact) mass is 275 g/mol. The maximum atomic E-state index is 11.8. The van der Waals surface area contributed by atoms with E-state index in [1.165, 1.54) is 10.7 Å². The van der Waals surface area contributed by atoms with E-state index in [1.807, 2.05) is 19.1 Å². The van der Waals surface area contributed by atoms with Crippen LogP contribution in [0.1, 0.15) is 17.6 Å². The molecule has 0 bridgehead atoms. The van der Waals surface area contributed by atoms with Gasteiger partial charge in [0.15, 0.2) is 0 Å². The first-order valence-electron chi connectivity index (χ1n) is 6.64. The zero-order valence-corrected chi connectivity index (χ0v) is 11.3. The molecular weight excluding hydrogens is 258 g/mol. The lowest BCUT2D eigenvalue weighted by Gasteiger charge is -2.19. The smallest absolute Gasteiger partial charge is 0.267 e. The van der Waals surface area contributed by atoms with Crippen LogP contribution in [0.4, 0.5) is 0 Å². The fourth-order valence-electron chi connectivity index (χ4n) is 2.41. The summed E-state index contributed by atoms with van der Waals surface area (Å²) >= 11 is 0. The molecule has 0 spiro atoms. The first kappa shape index (κ1) is 13.1. The highest BCUT2D eigenvalue weighted by atomic mass is 16.5. The van der Waals surface area contributed by atoms with Crippen molar-refractivity contribution < 1.29 is 9.15 Å². The summed E-state index contributed by atoms with van der Waals surface area (Å²) in [4.78, 5) is 11.8. The number of nitrogens with one attached hydrogen (secondary N) is 1. The van der Waals surface area contributed by atoms with Crippen molar-refractivity contribution >= 4 is 0 Å². The molecule has 2 atom stereocenters. The predicted octanol–water partition coefficient (Wildman–Crippen LogP) is 0.874. The fourth-order valence-corrected chi connectivity index (χ4v) is 2.41. The Hall–Kier alpha value is -1.92. The summed E-state index contributed by atoms with van der Waals surface area (Å²) < 4.78 is 12.5. The molecule has 2 aromatic rings. The molecule has 0 amide bonds. The molecule has 20 heavy (non-hydrogen) atoms. The highest BCUT2D eigenvalue weighted by Crippen LogP contribution is 2.17. The lowest BCUT2D eigenvalue weighted by atomic mass is 10.1. The molecule has 0 saturated carbocycles. The van der Waals surface area contributed by atoms with Crippen LogP contribution in [0.5, 0.6) is 0 Å². The Morgan fingerprint density at radius 1 is 1.40 bits per heavy atom. The number of rotatable bonds is 4. The van der Waals surface area contributed by atoms with E-state index in [0.717, 1.165) is 11.5 Å². The van der Waals surface area contributed by atoms with Crippen molar-refractivity contribution in [2.24, 2.45) is 0 Å². The number of aromatic nitrogens is 2. The number of hydrogen-bond donors (Lipinski definition) is 1. The first-order chi connectivity index (χ1) is 9.74. The van der Waals surface area contributed by atoms with Crippen molar-refractivity contribution in [1.82, 2.24) is 15.1 Å². The highest BCUT2D eigenvalue weighted by Gasteiger charge is 2.30. The van der Waals surface area contributed by atoms with Gasteiger partial charge in [0.1, 0.15) is 11.5 Å². The van der Waals surface area contributed by atoms with Crippen LogP contribution >= 0.6 is 0 Å². The second kappa shape index (κ2) is 5.60. The largest absolute Gasteiger partial charge is 0.465 e. The van der Waals surface area contributed by atoms with Crippen LogP contribution in [0, 0.1) is 6.92 Å². The van der Waals surface area contributed by atoms with Gasteiger partial charge >= 0.3 is 0 Å². The van der Waals surface area contributed by atoms with Crippen molar-refractivity contribution in [3.8, 4) is 0 Å². The molecule has 2 aromatic heterocycles. The summed E-state index contributed by atoms with van der Waals surface area (Å²) in [7, 11) is 0. The van der Waals surface area contributed by atoms with Crippen molar-refractivity contribution in [1.29, 1.82) is 0 Å². The van der Waals surface area contributed by atoms with E-state index in [2.05, 4.69) is 10.4 Å². The van der Waals surface area contributed by atoms with E-state index < -0.39 is 0 Å². The second-order valence-electron chi connectivity index (χ2n) is 4.91. The van der Waals surface area contributed by atoms with Gasteiger partial charge in [0.05, 0.1) is 31.8 Å². The normalized spacial score (nSPS) is 22.2. The fraction of sp³-hybridized carbons (Fsp3) is 0.429. The molecule has 3 heterocycles. The van der Waals surface area contributed by atoms with E-state index in [4.69, 9.17) is 9.15 Å². The molecular formula is C14H17N3O3. The Balaban J connectivity index is 1.70. The molecule has 1 aliphatic heterocycles. The van der Waals surface area contributed by atoms with Crippen LogP contribution in [0.15, 0.2) is 39.7 Å². The summed E-state index contributed by atoms with van der Waals surface area (Å²) in [5.41, 5.74) is -0.108. The maximum absolute atomic E-state index is 11.8. The minimum atomic E-state index is -0.108. The van der Waals surface area contributed by atoms with Gasteiger partial charge in [-0.3, -0.25) is 4.79 Å². The Labute approximate surface area is 116 Å². The molecule has 6 heteroatoms. The Kier molecular flexibility index (Phi) is 3.66. The van der Waals surface area contributed by atoms with Crippen molar-refractivity contribution in [3.05, 3.63) is 52.3 Å². The third kappa shape index (κ3) is 2.66. The molecule has 2 unspecified atom stereocenters. The second-order valence-corrected chi connectivity index (χ2v) is 4.91. The van der Waals surface area contributed by atoms with Gasteiger partial charge in [0.2, 0.25) is 0 Å². The summed E-state index contributed by atoms with van der Waals surface area (Å²) in [5, 5.41) is 7.50. The number of ether oxygens (including phenoxy) is 1. The minimum Gasteiger partial charge on any atom is -0.465 e. The number of nitrogens with zero attached hydrogens (tertiary/aromatic N) is 2. The molecule has 3 rings (SSSR count). The van der Waals surface area contributed by atoms with E-state index in [0.29, 0.717) is 19.8 Å². The molecule has 1 fully saturated rings. The number of hydrogen-bond acceptors (Lipinski definition) is 5. The molecule has 1 aliphatic rings. The van der Waals surface area contributed by atoms with Gasteiger partial charge in [-0.1, -0.05) is 0 Å². The van der Waals surface area contributed by atoms with Gasteiger partial charge < -0.3 is 14.5 Å². The lowest BCUT2D eigenvalue weighted by Crippen LogP contribution is -2.40. The molecule has 0 aliphatic carbocycles. The van der Waals surface area contributed by atoms with Crippen LogP contribution in [-0.4, -0.2) is 29.0 Å². The summed E-state index contributed by atoms with van der Waals surface area (Å²) in [6.45, 7) is 3.58. The predicted molar refractivity (Wildman–Crippen MR) is 72.4 cm³/mol. The molecule has 1 saturated heterocycles. The number of furan rings is 1. The Morgan fingerprint density at radius 2 is 2.30 bits per heavy atom. The van der Waals surface area contributed by atoms with Gasteiger partial charge in [0.25, 0.3) is 5.56 Å². The third-order valence-corrected chi connectivity index (χ3v) is 3.44. The minimum absolute atomic E-state index is 0.0491. The first-order valence-corrected chi connectivity index (χ1v) is 6.64. The van der Waals surface area contributed by atoms with E-state index in [9.17, 15) is 4.79 Å². The summed E-state index contributed by atoms with van der Waals surface area (Å²) in [5.74, 6) is 1.77. The van der Waals surface area contributed by atoms with Gasteiger partial charge in [-0.25, -0.2) is 4.68 Å². The zero-order chi connectivity index (χ0) is 13.9. The summed E-state index contributed by atoms with van der Waals surface area (Å²) in [6.07, 6.45) is 1.62. The van der Waals surface area contributed by atoms with Gasteiger partial charge in [0, 0.05) is 12.3 Å². The summed E-state index contributed by atoms with van der Waals surface area (Å²) in [6, 6.07) is 7.00. The van der Waals surface area contributed by atoms with E-state index in [1.54, 1.807) is 12.3 Å². The molecule has 106 valence electrons. The highest BCUT2D eigenvalue weighted by molar-refractivity contribution is 5.05. The van der Waals surface area contributed by atoms with E-state index >= 15 is 0 Å². The average Bonchev–Trinajstić information content (AvgIpc) is 3.06. The topological polar surface area (TPSA) is 69.3 Å². The SMILES string of the molecule is Cc1ccc(CNC2COCC2n2ncccc2=O)o1. The van der Waals surface area contributed by atoms with Crippen LogP contribution in [0.3, 0.4) is 0 Å². The van der Waals surface area contributed by atoms with Crippen LogP contribution in [0.2, 0.25) is 0 Å². The van der Waals surface area contributed by atoms with Crippen molar-refractivity contribution in [2.75, 3.05) is 13.2 Å². The quantitative estimate of drug-likeness (QED) is 0.897. The maximum Gasteiger partial charge on any atom is 0.267 e. The van der Waals surface area contributed by atoms with Crippen LogP contribution < -0.4 is 10.9 Å². The zero-order valence-electron chi connectivity index (χ0n) is 11.3. The third-order valence-electron chi connectivity index (χ3n) is 3.44. The molecule has 0 aromatic carbocycles. The van der Waals surface area contributed by atoms with Gasteiger partial charge in [-0.15, -0.1) is 0 Å². The van der Waals surface area contributed by atoms with Gasteiger partial charge in [-0.2, -0.15) is 5.10 Å². The lowest BCUT2D eigenvalue weighted by molar-refractivity contribution is 0.180. The molecule has 6 nitrogen and oxygen atoms in total. The van der Waals surface area contributed by atoms with E-state index in [-0.39, 0.29) is 17.6 Å². The van der Waals surface area contributed by atoms with Crippen molar-refractivity contribution in [2.45, 2.75) is 25.6 Å². The molecule has 1 N–H and O–H groups in total. The van der Waals surface area contributed by atoms with Crippen LogP contribution in [-0.2, 0) is 11.3 Å². The van der Waals surface area contributed by atoms with Crippen LogP contribution in [0.25, 0.3) is 0 Å². The Morgan fingerprint density at radius 3 is 3.05 bits per heavy atom. The number of aryl methyl sites for hydroxylation is 1. The Bertz CT molecular complexity index is 634. The standard InChI is InChI=1S/C14H17N3O3/c1-10-4-5-11(20-10)7-15-12-8-19-9-13(12)17-14(18)3-2-6-16-17/h2-6,12-13,15H,7-9H2,1H3. The average molecular weight is 275 g/mol.